The van der Waals surface area contributed by atoms with Gasteiger partial charge in [-0.3, -0.25) is 0 Å². The summed E-state index contributed by atoms with van der Waals surface area (Å²) in [5.74, 6) is 1.69. The Morgan fingerprint density at radius 2 is 1.85 bits per heavy atom. The van der Waals surface area contributed by atoms with Gasteiger partial charge in [0.1, 0.15) is 5.82 Å². The number of aryl methyl sites for hydroxylation is 1. The Labute approximate surface area is 159 Å². The highest BCUT2D eigenvalue weighted by molar-refractivity contribution is 7.99. The zero-order valence-corrected chi connectivity index (χ0v) is 15.8. The van der Waals surface area contributed by atoms with E-state index in [0.29, 0.717) is 5.92 Å². The first-order valence-electron chi connectivity index (χ1n) is 9.09. The molecule has 0 N–H and O–H groups in total. The number of thioether (sulfide) groups is 1. The predicted molar refractivity (Wildman–Crippen MR) is 108 cm³/mol. The number of benzene rings is 2. The van der Waals surface area contributed by atoms with Gasteiger partial charge in [0, 0.05) is 12.5 Å². The maximum atomic E-state index is 4.54. The minimum absolute atomic E-state index is 0.192. The van der Waals surface area contributed by atoms with E-state index in [2.05, 4.69) is 82.9 Å². The summed E-state index contributed by atoms with van der Waals surface area (Å²) in [6.07, 6.45) is 4.38. The Morgan fingerprint density at radius 3 is 2.54 bits per heavy atom. The SMILES string of the molecule is C=CCn1c(SC(c2ccccc2)c2ccccc2C)nnc1C1CC1. The van der Waals surface area contributed by atoms with Gasteiger partial charge in [-0.1, -0.05) is 72.4 Å². The lowest BCUT2D eigenvalue weighted by Gasteiger charge is -2.19. The van der Waals surface area contributed by atoms with Crippen LogP contribution in [0, 0.1) is 6.92 Å². The van der Waals surface area contributed by atoms with Gasteiger partial charge in [0.05, 0.1) is 5.25 Å². The Morgan fingerprint density at radius 1 is 1.12 bits per heavy atom. The molecule has 0 aliphatic heterocycles. The van der Waals surface area contributed by atoms with Gasteiger partial charge >= 0.3 is 0 Å². The van der Waals surface area contributed by atoms with Crippen LogP contribution in [-0.2, 0) is 6.54 Å². The lowest BCUT2D eigenvalue weighted by molar-refractivity contribution is 0.680. The van der Waals surface area contributed by atoms with Crippen molar-refractivity contribution in [2.24, 2.45) is 0 Å². The second kappa shape index (κ2) is 7.50. The molecule has 1 unspecified atom stereocenters. The molecule has 26 heavy (non-hydrogen) atoms. The fourth-order valence-electron chi connectivity index (χ4n) is 3.26. The third kappa shape index (κ3) is 3.47. The van der Waals surface area contributed by atoms with Crippen LogP contribution in [-0.4, -0.2) is 14.8 Å². The molecular weight excluding hydrogens is 338 g/mol. The van der Waals surface area contributed by atoms with Crippen molar-refractivity contribution in [1.29, 1.82) is 0 Å². The highest BCUT2D eigenvalue weighted by atomic mass is 32.2. The Balaban J connectivity index is 1.74. The fourth-order valence-corrected chi connectivity index (χ4v) is 4.54. The predicted octanol–water partition coefficient (Wildman–Crippen LogP) is 5.53. The topological polar surface area (TPSA) is 30.7 Å². The van der Waals surface area contributed by atoms with Crippen LogP contribution in [0.1, 0.15) is 46.5 Å². The number of rotatable bonds is 7. The molecule has 4 rings (SSSR count). The molecule has 132 valence electrons. The van der Waals surface area contributed by atoms with Crippen LogP contribution in [0.15, 0.2) is 72.4 Å². The molecule has 1 saturated carbocycles. The molecule has 1 atom stereocenters. The summed E-state index contributed by atoms with van der Waals surface area (Å²) in [6.45, 7) is 6.86. The van der Waals surface area contributed by atoms with Crippen molar-refractivity contribution in [3.8, 4) is 0 Å². The molecule has 2 aromatic carbocycles. The summed E-state index contributed by atoms with van der Waals surface area (Å²) in [5, 5.41) is 10.2. The maximum Gasteiger partial charge on any atom is 0.192 e. The van der Waals surface area contributed by atoms with Crippen molar-refractivity contribution in [2.75, 3.05) is 0 Å². The van der Waals surface area contributed by atoms with Crippen LogP contribution in [0.25, 0.3) is 0 Å². The molecule has 1 aliphatic rings. The first-order chi connectivity index (χ1) is 12.8. The third-order valence-electron chi connectivity index (χ3n) is 4.80. The number of hydrogen-bond donors (Lipinski definition) is 0. The minimum Gasteiger partial charge on any atom is -0.302 e. The van der Waals surface area contributed by atoms with Crippen molar-refractivity contribution in [3.63, 3.8) is 0 Å². The lowest BCUT2D eigenvalue weighted by atomic mass is 10.0. The van der Waals surface area contributed by atoms with Crippen molar-refractivity contribution in [1.82, 2.24) is 14.8 Å². The molecule has 3 aromatic rings. The van der Waals surface area contributed by atoms with E-state index in [-0.39, 0.29) is 5.25 Å². The summed E-state index contributed by atoms with van der Waals surface area (Å²) >= 11 is 1.78. The second-order valence-electron chi connectivity index (χ2n) is 6.78. The quantitative estimate of drug-likeness (QED) is 0.409. The summed E-state index contributed by atoms with van der Waals surface area (Å²) in [7, 11) is 0. The largest absolute Gasteiger partial charge is 0.302 e. The van der Waals surface area contributed by atoms with E-state index >= 15 is 0 Å². The molecule has 0 saturated heterocycles. The van der Waals surface area contributed by atoms with Crippen molar-refractivity contribution in [3.05, 3.63) is 89.8 Å². The molecule has 1 aliphatic carbocycles. The van der Waals surface area contributed by atoms with Gasteiger partial charge in [-0.2, -0.15) is 0 Å². The van der Waals surface area contributed by atoms with Gasteiger partial charge in [0.25, 0.3) is 0 Å². The Bertz CT molecular complexity index is 897. The zero-order valence-electron chi connectivity index (χ0n) is 15.0. The van der Waals surface area contributed by atoms with Gasteiger partial charge in [0.2, 0.25) is 0 Å². The highest BCUT2D eigenvalue weighted by Crippen LogP contribution is 2.44. The standard InChI is InChI=1S/C22H23N3S/c1-3-15-25-21(18-13-14-18)23-24-22(25)26-20(17-10-5-4-6-11-17)19-12-8-7-9-16(19)2/h3-12,18,20H,1,13-15H2,2H3. The monoisotopic (exact) mass is 361 g/mol. The molecule has 3 nitrogen and oxygen atoms in total. The van der Waals surface area contributed by atoms with Crippen LogP contribution < -0.4 is 0 Å². The van der Waals surface area contributed by atoms with Gasteiger partial charge in [-0.15, -0.1) is 16.8 Å². The van der Waals surface area contributed by atoms with Crippen molar-refractivity contribution in [2.45, 2.75) is 42.6 Å². The molecule has 0 bridgehead atoms. The van der Waals surface area contributed by atoms with E-state index in [4.69, 9.17) is 0 Å². The highest BCUT2D eigenvalue weighted by Gasteiger charge is 2.31. The van der Waals surface area contributed by atoms with E-state index in [9.17, 15) is 0 Å². The van der Waals surface area contributed by atoms with Gasteiger partial charge < -0.3 is 4.57 Å². The maximum absolute atomic E-state index is 4.54. The third-order valence-corrected chi connectivity index (χ3v) is 6.07. The summed E-state index contributed by atoms with van der Waals surface area (Å²) < 4.78 is 2.24. The Hall–Kier alpha value is -2.33. The van der Waals surface area contributed by atoms with E-state index < -0.39 is 0 Å². The van der Waals surface area contributed by atoms with Crippen LogP contribution in [0.4, 0.5) is 0 Å². The minimum atomic E-state index is 0.192. The molecule has 1 fully saturated rings. The first kappa shape index (κ1) is 17.1. The molecular formula is C22H23N3S. The number of nitrogens with zero attached hydrogens (tertiary/aromatic N) is 3. The van der Waals surface area contributed by atoms with Crippen LogP contribution in [0.2, 0.25) is 0 Å². The molecule has 4 heteroatoms. The van der Waals surface area contributed by atoms with Crippen LogP contribution in [0.5, 0.6) is 0 Å². The normalized spacial score (nSPS) is 15.0. The molecule has 0 amide bonds. The van der Waals surface area contributed by atoms with E-state index in [0.717, 1.165) is 17.5 Å². The smallest absolute Gasteiger partial charge is 0.192 e. The molecule has 1 heterocycles. The summed E-state index contributed by atoms with van der Waals surface area (Å²) in [4.78, 5) is 0. The molecule has 1 aromatic heterocycles. The van der Waals surface area contributed by atoms with E-state index in [1.165, 1.54) is 29.5 Å². The fraction of sp³-hybridized carbons (Fsp3) is 0.273. The summed E-state index contributed by atoms with van der Waals surface area (Å²) in [6, 6.07) is 19.3. The van der Waals surface area contributed by atoms with E-state index in [1.807, 2.05) is 6.08 Å². The second-order valence-corrected chi connectivity index (χ2v) is 7.85. The Kier molecular flexibility index (Phi) is 4.93. The van der Waals surface area contributed by atoms with Gasteiger partial charge in [-0.05, 0) is 36.5 Å². The van der Waals surface area contributed by atoms with Crippen LogP contribution in [0.3, 0.4) is 0 Å². The molecule has 0 spiro atoms. The first-order valence-corrected chi connectivity index (χ1v) is 9.97. The average Bonchev–Trinajstić information content (AvgIpc) is 3.44. The number of hydrogen-bond acceptors (Lipinski definition) is 3. The van der Waals surface area contributed by atoms with Gasteiger partial charge in [-0.25, -0.2) is 0 Å². The van der Waals surface area contributed by atoms with Crippen LogP contribution >= 0.6 is 11.8 Å². The van der Waals surface area contributed by atoms with Gasteiger partial charge in [0.15, 0.2) is 5.16 Å². The average molecular weight is 362 g/mol. The lowest BCUT2D eigenvalue weighted by Crippen LogP contribution is -2.05. The van der Waals surface area contributed by atoms with Crippen molar-refractivity contribution < 1.29 is 0 Å². The number of aromatic nitrogens is 3. The number of allylic oxidation sites excluding steroid dienone is 1. The van der Waals surface area contributed by atoms with Crippen molar-refractivity contribution >= 4 is 11.8 Å². The summed E-state index contributed by atoms with van der Waals surface area (Å²) in [5.41, 5.74) is 3.91. The zero-order chi connectivity index (χ0) is 17.9. The molecule has 0 radical (unpaired) electrons. The van der Waals surface area contributed by atoms with E-state index in [1.54, 1.807) is 11.8 Å².